The standard InChI is InChI=1S/C8H18O.C6H6O2/c1-7(2)5-9-6-8(3)4;7-5-2-1-3-6(8)4-5/h7-8H,5-6H2,1-4H3;1-4,7-8H. The summed E-state index contributed by atoms with van der Waals surface area (Å²) in [6, 6.07) is 5.85. The first-order valence-corrected chi connectivity index (χ1v) is 5.97. The summed E-state index contributed by atoms with van der Waals surface area (Å²) in [5.74, 6) is 1.52. The molecule has 0 aliphatic rings. The molecule has 0 saturated heterocycles. The summed E-state index contributed by atoms with van der Waals surface area (Å²) >= 11 is 0. The molecule has 0 amide bonds. The Labute approximate surface area is 104 Å². The Kier molecular flexibility index (Phi) is 8.24. The predicted octanol–water partition coefficient (Wildman–Crippen LogP) is 3.41. The fourth-order valence-corrected chi connectivity index (χ4v) is 1.03. The fraction of sp³-hybridized carbons (Fsp3) is 0.571. The summed E-state index contributed by atoms with van der Waals surface area (Å²) in [6.45, 7) is 10.5. The maximum Gasteiger partial charge on any atom is 0.119 e. The summed E-state index contributed by atoms with van der Waals surface area (Å²) in [7, 11) is 0. The van der Waals surface area contributed by atoms with Crippen LogP contribution in [0.3, 0.4) is 0 Å². The predicted molar refractivity (Wildman–Crippen MR) is 70.3 cm³/mol. The van der Waals surface area contributed by atoms with Crippen LogP contribution in [0.15, 0.2) is 24.3 Å². The maximum atomic E-state index is 8.65. The lowest BCUT2D eigenvalue weighted by Crippen LogP contribution is -2.06. The smallest absolute Gasteiger partial charge is 0.119 e. The van der Waals surface area contributed by atoms with Crippen LogP contribution in [0.25, 0.3) is 0 Å². The van der Waals surface area contributed by atoms with Gasteiger partial charge in [-0.3, -0.25) is 0 Å². The average Bonchev–Trinajstić information content (AvgIpc) is 2.16. The maximum absolute atomic E-state index is 8.65. The molecule has 0 spiro atoms. The van der Waals surface area contributed by atoms with E-state index in [0.717, 1.165) is 13.2 Å². The quantitative estimate of drug-likeness (QED) is 0.848. The molecule has 0 saturated carbocycles. The normalized spacial score (nSPS) is 10.2. The first kappa shape index (κ1) is 15.8. The fourth-order valence-electron chi connectivity index (χ4n) is 1.03. The van der Waals surface area contributed by atoms with Gasteiger partial charge in [0.25, 0.3) is 0 Å². The monoisotopic (exact) mass is 240 g/mol. The molecule has 0 aliphatic heterocycles. The van der Waals surface area contributed by atoms with Crippen LogP contribution in [0.2, 0.25) is 0 Å². The van der Waals surface area contributed by atoms with E-state index in [-0.39, 0.29) is 11.5 Å². The number of aromatic hydroxyl groups is 2. The number of phenolic OH excluding ortho intramolecular Hbond substituents is 2. The van der Waals surface area contributed by atoms with Crippen LogP contribution >= 0.6 is 0 Å². The van der Waals surface area contributed by atoms with Crippen LogP contribution in [0.5, 0.6) is 11.5 Å². The van der Waals surface area contributed by atoms with Gasteiger partial charge >= 0.3 is 0 Å². The Morgan fingerprint density at radius 1 is 0.941 bits per heavy atom. The molecule has 0 heterocycles. The molecule has 3 heteroatoms. The molecular formula is C14H24O3. The number of ether oxygens (including phenoxy) is 1. The molecule has 17 heavy (non-hydrogen) atoms. The van der Waals surface area contributed by atoms with E-state index in [1.54, 1.807) is 6.07 Å². The second-order valence-corrected chi connectivity index (χ2v) is 4.85. The lowest BCUT2D eigenvalue weighted by molar-refractivity contribution is 0.0886. The summed E-state index contributed by atoms with van der Waals surface area (Å²) in [4.78, 5) is 0. The topological polar surface area (TPSA) is 49.7 Å². The van der Waals surface area contributed by atoms with Crippen molar-refractivity contribution in [2.24, 2.45) is 11.8 Å². The highest BCUT2D eigenvalue weighted by Crippen LogP contribution is 2.14. The van der Waals surface area contributed by atoms with E-state index in [4.69, 9.17) is 14.9 Å². The van der Waals surface area contributed by atoms with Crippen molar-refractivity contribution in [2.75, 3.05) is 13.2 Å². The lowest BCUT2D eigenvalue weighted by Gasteiger charge is -2.07. The van der Waals surface area contributed by atoms with E-state index in [1.807, 2.05) is 0 Å². The van der Waals surface area contributed by atoms with Gasteiger partial charge < -0.3 is 14.9 Å². The molecule has 0 fully saturated rings. The average molecular weight is 240 g/mol. The van der Waals surface area contributed by atoms with Crippen LogP contribution in [0.4, 0.5) is 0 Å². The highest BCUT2D eigenvalue weighted by Gasteiger charge is 1.95. The van der Waals surface area contributed by atoms with Gasteiger partial charge in [0.1, 0.15) is 11.5 Å². The van der Waals surface area contributed by atoms with Crippen LogP contribution in [-0.4, -0.2) is 23.4 Å². The number of phenols is 2. The second kappa shape index (κ2) is 8.88. The summed E-state index contributed by atoms with van der Waals surface area (Å²) in [6.07, 6.45) is 0. The third-order valence-electron chi connectivity index (χ3n) is 1.73. The van der Waals surface area contributed by atoms with Crippen molar-refractivity contribution >= 4 is 0 Å². The van der Waals surface area contributed by atoms with Gasteiger partial charge in [-0.25, -0.2) is 0 Å². The number of hydrogen-bond acceptors (Lipinski definition) is 3. The summed E-state index contributed by atoms with van der Waals surface area (Å²) in [5, 5.41) is 17.3. The van der Waals surface area contributed by atoms with Gasteiger partial charge in [-0.2, -0.15) is 0 Å². The Morgan fingerprint density at radius 3 is 1.59 bits per heavy atom. The Bertz CT molecular complexity index is 270. The molecule has 1 rings (SSSR count). The zero-order valence-corrected chi connectivity index (χ0v) is 11.2. The lowest BCUT2D eigenvalue weighted by atomic mass is 10.2. The Morgan fingerprint density at radius 2 is 1.35 bits per heavy atom. The molecule has 0 aromatic heterocycles. The molecular weight excluding hydrogens is 216 g/mol. The van der Waals surface area contributed by atoms with Crippen molar-refractivity contribution in [3.8, 4) is 11.5 Å². The van der Waals surface area contributed by atoms with Crippen LogP contribution in [0, 0.1) is 11.8 Å². The SMILES string of the molecule is CC(C)COCC(C)C.Oc1cccc(O)c1. The molecule has 0 atom stereocenters. The van der Waals surface area contributed by atoms with Crippen molar-refractivity contribution in [3.63, 3.8) is 0 Å². The molecule has 0 unspecified atom stereocenters. The molecule has 3 nitrogen and oxygen atoms in total. The molecule has 1 aromatic carbocycles. The first-order valence-electron chi connectivity index (χ1n) is 5.97. The zero-order valence-electron chi connectivity index (χ0n) is 11.2. The highest BCUT2D eigenvalue weighted by molar-refractivity contribution is 5.30. The third-order valence-corrected chi connectivity index (χ3v) is 1.73. The van der Waals surface area contributed by atoms with Gasteiger partial charge in [0, 0.05) is 19.3 Å². The molecule has 2 N–H and O–H groups in total. The number of hydrogen-bond donors (Lipinski definition) is 2. The Balaban J connectivity index is 0.000000302. The molecule has 0 aliphatic carbocycles. The number of rotatable bonds is 4. The highest BCUT2D eigenvalue weighted by atomic mass is 16.5. The van der Waals surface area contributed by atoms with Gasteiger partial charge in [0.05, 0.1) is 0 Å². The van der Waals surface area contributed by atoms with Crippen molar-refractivity contribution in [1.82, 2.24) is 0 Å². The van der Waals surface area contributed by atoms with E-state index in [1.165, 1.54) is 18.2 Å². The second-order valence-electron chi connectivity index (χ2n) is 4.85. The zero-order chi connectivity index (χ0) is 13.3. The van der Waals surface area contributed by atoms with Gasteiger partial charge in [0.15, 0.2) is 0 Å². The molecule has 0 radical (unpaired) electrons. The number of benzene rings is 1. The molecule has 98 valence electrons. The van der Waals surface area contributed by atoms with Crippen molar-refractivity contribution in [3.05, 3.63) is 24.3 Å². The Hall–Kier alpha value is -1.22. The van der Waals surface area contributed by atoms with Crippen molar-refractivity contribution in [2.45, 2.75) is 27.7 Å². The van der Waals surface area contributed by atoms with Gasteiger partial charge in [-0.15, -0.1) is 0 Å². The van der Waals surface area contributed by atoms with E-state index in [0.29, 0.717) is 11.8 Å². The summed E-state index contributed by atoms with van der Waals surface area (Å²) in [5.41, 5.74) is 0. The molecule has 1 aromatic rings. The van der Waals surface area contributed by atoms with Crippen molar-refractivity contribution in [1.29, 1.82) is 0 Å². The van der Waals surface area contributed by atoms with Crippen molar-refractivity contribution < 1.29 is 14.9 Å². The van der Waals surface area contributed by atoms with Gasteiger partial charge in [0.2, 0.25) is 0 Å². The van der Waals surface area contributed by atoms with E-state index in [9.17, 15) is 0 Å². The molecule has 0 bridgehead atoms. The minimum Gasteiger partial charge on any atom is -0.508 e. The van der Waals surface area contributed by atoms with E-state index < -0.39 is 0 Å². The van der Waals surface area contributed by atoms with Gasteiger partial charge in [-0.1, -0.05) is 33.8 Å². The minimum absolute atomic E-state index is 0.0880. The minimum atomic E-state index is 0.0880. The van der Waals surface area contributed by atoms with E-state index in [2.05, 4.69) is 27.7 Å². The van der Waals surface area contributed by atoms with E-state index >= 15 is 0 Å². The van der Waals surface area contributed by atoms with Crippen LogP contribution in [-0.2, 0) is 4.74 Å². The summed E-state index contributed by atoms with van der Waals surface area (Å²) < 4.78 is 5.36. The largest absolute Gasteiger partial charge is 0.508 e. The van der Waals surface area contributed by atoms with Crippen LogP contribution < -0.4 is 0 Å². The first-order chi connectivity index (χ1) is 7.91. The van der Waals surface area contributed by atoms with Crippen LogP contribution in [0.1, 0.15) is 27.7 Å². The third kappa shape index (κ3) is 11.1. The van der Waals surface area contributed by atoms with Gasteiger partial charge in [-0.05, 0) is 24.0 Å².